The molecule has 0 saturated carbocycles. The van der Waals surface area contributed by atoms with E-state index < -0.39 is 17.4 Å². The lowest BCUT2D eigenvalue weighted by Crippen LogP contribution is -2.65. The van der Waals surface area contributed by atoms with Crippen molar-refractivity contribution in [3.05, 3.63) is 29.6 Å². The van der Waals surface area contributed by atoms with Crippen molar-refractivity contribution in [2.24, 2.45) is 0 Å². The number of amides is 3. The third-order valence-corrected chi connectivity index (χ3v) is 3.27. The van der Waals surface area contributed by atoms with Gasteiger partial charge < -0.3 is 4.90 Å². The van der Waals surface area contributed by atoms with Crippen LogP contribution in [-0.2, 0) is 9.59 Å². The quantitative estimate of drug-likeness (QED) is 0.736. The van der Waals surface area contributed by atoms with Crippen molar-refractivity contribution in [1.82, 2.24) is 15.2 Å². The normalized spacial score (nSPS) is 18.2. The molecule has 1 saturated heterocycles. The molecule has 0 bridgehead atoms. The third kappa shape index (κ3) is 2.21. The van der Waals surface area contributed by atoms with Crippen molar-refractivity contribution in [2.45, 2.75) is 26.3 Å². The van der Waals surface area contributed by atoms with Crippen LogP contribution in [0, 0.1) is 6.92 Å². The molecule has 1 N–H and O–H groups in total. The van der Waals surface area contributed by atoms with Crippen molar-refractivity contribution in [3.8, 4) is 0 Å². The van der Waals surface area contributed by atoms with Gasteiger partial charge in [-0.2, -0.15) is 0 Å². The zero-order valence-electron chi connectivity index (χ0n) is 11.1. The summed E-state index contributed by atoms with van der Waals surface area (Å²) in [5, 5.41) is 2.23. The number of nitrogens with zero attached hydrogens (tertiary/aromatic N) is 2. The molecule has 1 aliphatic rings. The Kier molecular flexibility index (Phi) is 3.09. The molecule has 2 heterocycles. The Morgan fingerprint density at radius 3 is 2.74 bits per heavy atom. The first kappa shape index (κ1) is 13.2. The molecule has 0 spiro atoms. The summed E-state index contributed by atoms with van der Waals surface area (Å²) in [6.07, 6.45) is 1.59. The number of hydrogen-bond acceptors (Lipinski definition) is 4. The molecule has 0 atom stereocenters. The van der Waals surface area contributed by atoms with Crippen molar-refractivity contribution < 1.29 is 14.4 Å². The van der Waals surface area contributed by atoms with Gasteiger partial charge in [0.05, 0.1) is 5.56 Å². The molecule has 0 aliphatic carbocycles. The largest absolute Gasteiger partial charge is 0.315 e. The van der Waals surface area contributed by atoms with Crippen molar-refractivity contribution in [1.29, 1.82) is 0 Å². The minimum absolute atomic E-state index is 0.133. The SMILES string of the molecule is Cc1ncccc1C(=O)N1CC(=O)NC(=O)C1(C)C. The van der Waals surface area contributed by atoms with Gasteiger partial charge in [0, 0.05) is 11.9 Å². The molecule has 2 rings (SSSR count). The Morgan fingerprint density at radius 1 is 1.42 bits per heavy atom. The number of nitrogens with one attached hydrogen (secondary N) is 1. The summed E-state index contributed by atoms with van der Waals surface area (Å²) in [4.78, 5) is 41.1. The Hall–Kier alpha value is -2.24. The van der Waals surface area contributed by atoms with E-state index in [4.69, 9.17) is 0 Å². The van der Waals surface area contributed by atoms with Crippen LogP contribution in [0.4, 0.5) is 0 Å². The smallest absolute Gasteiger partial charge is 0.257 e. The van der Waals surface area contributed by atoms with Crippen molar-refractivity contribution in [2.75, 3.05) is 6.54 Å². The van der Waals surface area contributed by atoms with E-state index >= 15 is 0 Å². The molecule has 0 radical (unpaired) electrons. The third-order valence-electron chi connectivity index (χ3n) is 3.27. The van der Waals surface area contributed by atoms with Crippen LogP contribution in [0.5, 0.6) is 0 Å². The van der Waals surface area contributed by atoms with Crippen molar-refractivity contribution >= 4 is 17.7 Å². The van der Waals surface area contributed by atoms with E-state index in [2.05, 4.69) is 10.3 Å². The average Bonchev–Trinajstić information content (AvgIpc) is 2.34. The van der Waals surface area contributed by atoms with Crippen LogP contribution in [0.25, 0.3) is 0 Å². The summed E-state index contributed by atoms with van der Waals surface area (Å²) in [6.45, 7) is 4.80. The van der Waals surface area contributed by atoms with Crippen LogP contribution in [0.2, 0.25) is 0 Å². The van der Waals surface area contributed by atoms with Gasteiger partial charge in [0.15, 0.2) is 0 Å². The predicted molar refractivity (Wildman–Crippen MR) is 67.2 cm³/mol. The highest BCUT2D eigenvalue weighted by Crippen LogP contribution is 2.21. The molecular weight excluding hydrogens is 246 g/mol. The highest BCUT2D eigenvalue weighted by Gasteiger charge is 2.43. The minimum Gasteiger partial charge on any atom is -0.315 e. The highest BCUT2D eigenvalue weighted by molar-refractivity contribution is 6.09. The van der Waals surface area contributed by atoms with E-state index in [0.29, 0.717) is 11.3 Å². The summed E-state index contributed by atoms with van der Waals surface area (Å²) in [7, 11) is 0. The molecule has 19 heavy (non-hydrogen) atoms. The van der Waals surface area contributed by atoms with Crippen LogP contribution in [-0.4, -0.2) is 39.7 Å². The zero-order chi connectivity index (χ0) is 14.2. The number of carbonyl (C=O) groups excluding carboxylic acids is 3. The summed E-state index contributed by atoms with van der Waals surface area (Å²) in [6, 6.07) is 3.29. The maximum atomic E-state index is 12.5. The second kappa shape index (κ2) is 4.46. The predicted octanol–water partition coefficient (Wildman–Crippen LogP) is 0.267. The maximum absolute atomic E-state index is 12.5. The monoisotopic (exact) mass is 261 g/mol. The molecule has 6 heteroatoms. The van der Waals surface area contributed by atoms with Gasteiger partial charge >= 0.3 is 0 Å². The number of aromatic nitrogens is 1. The Bertz CT molecular complexity index is 566. The Morgan fingerprint density at radius 2 is 2.11 bits per heavy atom. The zero-order valence-corrected chi connectivity index (χ0v) is 11.1. The number of imide groups is 1. The molecule has 3 amide bonds. The number of hydrogen-bond donors (Lipinski definition) is 1. The van der Waals surface area contributed by atoms with Gasteiger partial charge in [-0.3, -0.25) is 24.7 Å². The second-order valence-electron chi connectivity index (χ2n) is 4.96. The van der Waals surface area contributed by atoms with E-state index in [1.807, 2.05) is 0 Å². The lowest BCUT2D eigenvalue weighted by atomic mass is 9.97. The van der Waals surface area contributed by atoms with E-state index in [9.17, 15) is 14.4 Å². The maximum Gasteiger partial charge on any atom is 0.257 e. The van der Waals surface area contributed by atoms with E-state index in [1.165, 1.54) is 4.90 Å². The fourth-order valence-electron chi connectivity index (χ4n) is 1.96. The molecule has 0 aromatic carbocycles. The van der Waals surface area contributed by atoms with Crippen LogP contribution < -0.4 is 5.32 Å². The Balaban J connectivity index is 2.40. The lowest BCUT2D eigenvalue weighted by Gasteiger charge is -2.40. The van der Waals surface area contributed by atoms with Gasteiger partial charge in [-0.15, -0.1) is 0 Å². The van der Waals surface area contributed by atoms with Gasteiger partial charge in [-0.1, -0.05) is 0 Å². The van der Waals surface area contributed by atoms with Gasteiger partial charge in [-0.05, 0) is 32.9 Å². The molecule has 100 valence electrons. The fraction of sp³-hybridized carbons (Fsp3) is 0.385. The topological polar surface area (TPSA) is 79.4 Å². The standard InChI is InChI=1S/C13H15N3O3/c1-8-9(5-4-6-14-8)11(18)16-7-10(17)15-12(19)13(16,2)3/h4-6H,7H2,1-3H3,(H,15,17,19). The van der Waals surface area contributed by atoms with E-state index in [0.717, 1.165) is 0 Å². The van der Waals surface area contributed by atoms with Gasteiger partial charge in [0.25, 0.3) is 11.8 Å². The average molecular weight is 261 g/mol. The summed E-state index contributed by atoms with van der Waals surface area (Å²) in [5.74, 6) is -1.31. The number of carbonyl (C=O) groups is 3. The fourth-order valence-corrected chi connectivity index (χ4v) is 1.96. The highest BCUT2D eigenvalue weighted by atomic mass is 16.2. The number of rotatable bonds is 1. The van der Waals surface area contributed by atoms with Gasteiger partial charge in [0.1, 0.15) is 12.1 Å². The van der Waals surface area contributed by atoms with Crippen molar-refractivity contribution in [3.63, 3.8) is 0 Å². The van der Waals surface area contributed by atoms with Gasteiger partial charge in [-0.25, -0.2) is 0 Å². The van der Waals surface area contributed by atoms with Crippen LogP contribution >= 0.6 is 0 Å². The summed E-state index contributed by atoms with van der Waals surface area (Å²) in [5.41, 5.74) is -0.0902. The van der Waals surface area contributed by atoms with E-state index in [-0.39, 0.29) is 12.5 Å². The number of pyridine rings is 1. The summed E-state index contributed by atoms with van der Waals surface area (Å²) < 4.78 is 0. The van der Waals surface area contributed by atoms with Gasteiger partial charge in [0.2, 0.25) is 5.91 Å². The van der Waals surface area contributed by atoms with Crippen LogP contribution in [0.15, 0.2) is 18.3 Å². The Labute approximate surface area is 110 Å². The molecule has 1 fully saturated rings. The number of aryl methyl sites for hydroxylation is 1. The first-order valence-electron chi connectivity index (χ1n) is 5.92. The minimum atomic E-state index is -1.06. The molecule has 1 aromatic heterocycles. The van der Waals surface area contributed by atoms with Crippen LogP contribution in [0.3, 0.4) is 0 Å². The molecular formula is C13H15N3O3. The van der Waals surface area contributed by atoms with E-state index in [1.54, 1.807) is 39.1 Å². The lowest BCUT2D eigenvalue weighted by molar-refractivity contribution is -0.143. The molecule has 1 aliphatic heterocycles. The molecule has 0 unspecified atom stereocenters. The summed E-state index contributed by atoms with van der Waals surface area (Å²) >= 11 is 0. The van der Waals surface area contributed by atoms with Crippen LogP contribution in [0.1, 0.15) is 29.9 Å². The molecule has 6 nitrogen and oxygen atoms in total. The second-order valence-corrected chi connectivity index (χ2v) is 4.96. The first-order valence-corrected chi connectivity index (χ1v) is 5.92. The molecule has 1 aromatic rings. The number of piperazine rings is 1. The first-order chi connectivity index (χ1) is 8.84.